The number of para-hydroxylation sites is 1. The number of hydrogen-bond donors (Lipinski definition) is 0. The third-order valence-corrected chi connectivity index (χ3v) is 12.6. The van der Waals surface area contributed by atoms with Gasteiger partial charge in [-0.05, 0) is 96.9 Å². The summed E-state index contributed by atoms with van der Waals surface area (Å²) in [5.41, 5.74) is 9.49. The molecule has 11 aromatic rings. The zero-order valence-corrected chi connectivity index (χ0v) is 31.9. The summed E-state index contributed by atoms with van der Waals surface area (Å²) in [6.07, 6.45) is -0.501. The van der Waals surface area contributed by atoms with Crippen LogP contribution in [-0.4, -0.2) is 11.7 Å². The van der Waals surface area contributed by atoms with Crippen LogP contribution < -0.4 is 0 Å². The van der Waals surface area contributed by atoms with E-state index in [0.717, 1.165) is 44.0 Å². The molecule has 0 radical (unpaired) electrons. The third kappa shape index (κ3) is 5.28. The second kappa shape index (κ2) is 13.1. The molecular weight excluding hydrogens is 727 g/mol. The Morgan fingerprint density at radius 2 is 1.05 bits per heavy atom. The van der Waals surface area contributed by atoms with Gasteiger partial charge in [-0.1, -0.05) is 157 Å². The molecule has 0 spiro atoms. The Kier molecular flexibility index (Phi) is 7.43. The first kappa shape index (κ1) is 32.9. The highest BCUT2D eigenvalue weighted by Gasteiger charge is 2.21. The first-order chi connectivity index (χ1) is 28.7. The lowest BCUT2D eigenvalue weighted by molar-refractivity contribution is 0.669. The van der Waals surface area contributed by atoms with Crippen molar-refractivity contribution < 1.29 is 4.42 Å². The van der Waals surface area contributed by atoms with Crippen molar-refractivity contribution in [1.82, 2.24) is 0 Å². The largest absolute Gasteiger partial charge is 0.456 e. The van der Waals surface area contributed by atoms with Crippen LogP contribution in [0.3, 0.4) is 0 Å². The van der Waals surface area contributed by atoms with Gasteiger partial charge in [0.2, 0.25) is 0 Å². The van der Waals surface area contributed by atoms with Gasteiger partial charge in [0.1, 0.15) is 11.2 Å². The first-order valence-electron chi connectivity index (χ1n) is 19.5. The van der Waals surface area contributed by atoms with E-state index in [2.05, 4.69) is 152 Å². The number of nitrogens with zero attached hydrogens (tertiary/aromatic N) is 3. The highest BCUT2D eigenvalue weighted by molar-refractivity contribution is 7.26. The van der Waals surface area contributed by atoms with Gasteiger partial charge >= 0.3 is 0 Å². The summed E-state index contributed by atoms with van der Waals surface area (Å²) in [5, 5.41) is 14.8. The average molecular weight is 759 g/mol. The highest BCUT2D eigenvalue weighted by atomic mass is 32.1. The quantitative estimate of drug-likeness (QED) is 0.172. The molecule has 12 rings (SSSR count). The van der Waals surface area contributed by atoms with Crippen molar-refractivity contribution >= 4 is 86.7 Å². The predicted molar refractivity (Wildman–Crippen MR) is 245 cm³/mol. The standard InChI is InChI=1S/C53H32N3OS/c1-3-13-32(14-4-1)36-26-27-37(39-18-8-7-17-38(36)39)34-24-28-48-45(29-34)50-43-21-10-9-19-40(43)44(31-49(50)58-48)53-55-51(33-15-5-2-6-16-33)54-52(56-53)35-23-25-42-41-20-11-12-22-46(41)57-47(42)30-35/h1-31,53H/q-1. The lowest BCUT2D eigenvalue weighted by Gasteiger charge is -2.33. The summed E-state index contributed by atoms with van der Waals surface area (Å²) in [7, 11) is 0. The Balaban J connectivity index is 1.00. The molecule has 5 heteroatoms. The van der Waals surface area contributed by atoms with Gasteiger partial charge in [0.05, 0.1) is 12.0 Å². The van der Waals surface area contributed by atoms with Crippen LogP contribution in [-0.2, 0) is 0 Å². The van der Waals surface area contributed by atoms with Gasteiger partial charge in [-0.3, -0.25) is 4.99 Å². The van der Waals surface area contributed by atoms with E-state index in [0.29, 0.717) is 11.7 Å². The van der Waals surface area contributed by atoms with E-state index in [4.69, 9.17) is 19.7 Å². The molecule has 272 valence electrons. The van der Waals surface area contributed by atoms with Crippen LogP contribution in [0.4, 0.5) is 0 Å². The van der Waals surface area contributed by atoms with Crippen molar-refractivity contribution in [2.24, 2.45) is 9.98 Å². The highest BCUT2D eigenvalue weighted by Crippen LogP contribution is 2.46. The number of thiophene rings is 1. The molecule has 2 aromatic heterocycles. The van der Waals surface area contributed by atoms with Crippen molar-refractivity contribution in [3.63, 3.8) is 0 Å². The zero-order valence-electron chi connectivity index (χ0n) is 31.1. The molecule has 1 aliphatic rings. The maximum Gasteiger partial charge on any atom is 0.136 e. The van der Waals surface area contributed by atoms with Crippen molar-refractivity contribution in [3.05, 3.63) is 210 Å². The Hall–Kier alpha value is -7.34. The second-order valence-electron chi connectivity index (χ2n) is 14.8. The minimum Gasteiger partial charge on any atom is -0.456 e. The molecular formula is C53H32N3OS-. The van der Waals surface area contributed by atoms with E-state index in [1.807, 2.05) is 47.7 Å². The number of fused-ring (bicyclic) bond motifs is 9. The second-order valence-corrected chi connectivity index (χ2v) is 15.9. The van der Waals surface area contributed by atoms with Gasteiger partial charge in [0.15, 0.2) is 0 Å². The Morgan fingerprint density at radius 3 is 1.83 bits per heavy atom. The SMILES string of the molecule is c1ccc(C2=NC(c3cc4sc5ccc(-c6ccc(-c7ccccc7)c7ccccc67)cc5c4c4ccccc34)[N-]C(c3ccc4c(c3)oc3ccccc34)=N2)cc1. The summed E-state index contributed by atoms with van der Waals surface area (Å²) in [4.78, 5) is 10.3. The lowest BCUT2D eigenvalue weighted by Crippen LogP contribution is -2.16. The van der Waals surface area contributed by atoms with Crippen molar-refractivity contribution in [2.45, 2.75) is 6.17 Å². The zero-order chi connectivity index (χ0) is 38.2. The Morgan fingerprint density at radius 1 is 0.431 bits per heavy atom. The van der Waals surface area contributed by atoms with Crippen LogP contribution in [0, 0.1) is 0 Å². The maximum absolute atomic E-state index is 6.30. The van der Waals surface area contributed by atoms with Crippen molar-refractivity contribution in [2.75, 3.05) is 0 Å². The van der Waals surface area contributed by atoms with E-state index in [1.165, 1.54) is 58.6 Å². The van der Waals surface area contributed by atoms with E-state index < -0.39 is 6.17 Å². The molecule has 58 heavy (non-hydrogen) atoms. The number of aliphatic imine (C=N–C) groups is 2. The summed E-state index contributed by atoms with van der Waals surface area (Å²) in [5.74, 6) is 1.30. The molecule has 0 aliphatic carbocycles. The number of benzene rings is 9. The number of furan rings is 1. The summed E-state index contributed by atoms with van der Waals surface area (Å²) in [6, 6.07) is 66.6. The molecule has 1 unspecified atom stereocenters. The summed E-state index contributed by atoms with van der Waals surface area (Å²) in [6.45, 7) is 0. The van der Waals surface area contributed by atoms with E-state index in [-0.39, 0.29) is 0 Å². The molecule has 4 nitrogen and oxygen atoms in total. The molecule has 0 saturated heterocycles. The molecule has 9 aromatic carbocycles. The van der Waals surface area contributed by atoms with Crippen molar-refractivity contribution in [1.29, 1.82) is 0 Å². The van der Waals surface area contributed by atoms with E-state index in [1.54, 1.807) is 0 Å². The predicted octanol–water partition coefficient (Wildman–Crippen LogP) is 14.9. The summed E-state index contributed by atoms with van der Waals surface area (Å²) < 4.78 is 8.76. The van der Waals surface area contributed by atoms with Crippen LogP contribution in [0.15, 0.2) is 202 Å². The fraction of sp³-hybridized carbons (Fsp3) is 0.0189. The van der Waals surface area contributed by atoms with Crippen molar-refractivity contribution in [3.8, 4) is 22.3 Å². The fourth-order valence-electron chi connectivity index (χ4n) is 8.76. The van der Waals surface area contributed by atoms with Crippen LogP contribution in [0.5, 0.6) is 0 Å². The monoisotopic (exact) mass is 758 g/mol. The topological polar surface area (TPSA) is 52.0 Å². The molecule has 0 saturated carbocycles. The molecule has 3 heterocycles. The first-order valence-corrected chi connectivity index (χ1v) is 20.4. The summed E-state index contributed by atoms with van der Waals surface area (Å²) >= 11 is 1.83. The van der Waals surface area contributed by atoms with Crippen LogP contribution >= 0.6 is 11.3 Å². The molecule has 1 atom stereocenters. The maximum atomic E-state index is 6.30. The van der Waals surface area contributed by atoms with Gasteiger partial charge in [-0.15, -0.1) is 11.3 Å². The number of amidine groups is 2. The van der Waals surface area contributed by atoms with Gasteiger partial charge in [-0.2, -0.15) is 0 Å². The molecule has 1 aliphatic heterocycles. The number of rotatable bonds is 5. The minimum atomic E-state index is -0.501. The normalized spacial score (nSPS) is 14.4. The van der Waals surface area contributed by atoms with E-state index >= 15 is 0 Å². The Labute approximate surface area is 338 Å². The van der Waals surface area contributed by atoms with Crippen LogP contribution in [0.1, 0.15) is 22.9 Å². The minimum absolute atomic E-state index is 0.501. The molecule has 0 amide bonds. The van der Waals surface area contributed by atoms with Gasteiger partial charge in [0.25, 0.3) is 0 Å². The molecule has 0 N–H and O–H groups in total. The van der Waals surface area contributed by atoms with Crippen LogP contribution in [0.2, 0.25) is 0 Å². The lowest BCUT2D eigenvalue weighted by atomic mass is 9.91. The van der Waals surface area contributed by atoms with Gasteiger partial charge in [0, 0.05) is 30.9 Å². The van der Waals surface area contributed by atoms with E-state index in [9.17, 15) is 0 Å². The third-order valence-electron chi connectivity index (χ3n) is 11.5. The number of hydrogen-bond acceptors (Lipinski definition) is 4. The van der Waals surface area contributed by atoms with Crippen LogP contribution in [0.25, 0.3) is 91.2 Å². The molecule has 0 fully saturated rings. The average Bonchev–Trinajstić information content (AvgIpc) is 3.86. The van der Waals surface area contributed by atoms with Gasteiger partial charge in [-0.25, -0.2) is 0 Å². The molecule has 0 bridgehead atoms. The Bertz CT molecular complexity index is 3490. The smallest absolute Gasteiger partial charge is 0.136 e. The fourth-order valence-corrected chi connectivity index (χ4v) is 9.91. The van der Waals surface area contributed by atoms with Gasteiger partial charge < -0.3 is 14.7 Å².